The van der Waals surface area contributed by atoms with Crippen molar-refractivity contribution in [1.82, 2.24) is 19.8 Å². The van der Waals surface area contributed by atoms with Gasteiger partial charge in [-0.1, -0.05) is 12.1 Å². The van der Waals surface area contributed by atoms with Gasteiger partial charge in [0.25, 0.3) is 5.91 Å². The first kappa shape index (κ1) is 22.0. The van der Waals surface area contributed by atoms with Gasteiger partial charge in [0.1, 0.15) is 17.4 Å². The number of benzene rings is 1. The van der Waals surface area contributed by atoms with Crippen LogP contribution in [0.3, 0.4) is 0 Å². The summed E-state index contributed by atoms with van der Waals surface area (Å²) in [7, 11) is 3.46. The number of hydrogen-bond acceptors (Lipinski definition) is 6. The third-order valence-corrected chi connectivity index (χ3v) is 6.48. The van der Waals surface area contributed by atoms with Crippen molar-refractivity contribution in [3.8, 4) is 5.75 Å². The van der Waals surface area contributed by atoms with Gasteiger partial charge in [-0.05, 0) is 37.8 Å². The van der Waals surface area contributed by atoms with Crippen molar-refractivity contribution in [3.63, 3.8) is 0 Å². The van der Waals surface area contributed by atoms with Gasteiger partial charge in [-0.25, -0.2) is 9.97 Å². The Morgan fingerprint density at radius 1 is 1.19 bits per heavy atom. The third kappa shape index (κ3) is 4.13. The number of aromatic nitrogens is 2. The van der Waals surface area contributed by atoms with Gasteiger partial charge in [-0.2, -0.15) is 0 Å². The van der Waals surface area contributed by atoms with Crippen LogP contribution >= 0.6 is 0 Å². The number of amides is 2. The molecule has 8 nitrogen and oxygen atoms in total. The molecule has 0 saturated carbocycles. The fraction of sp³-hybridized carbons (Fsp3) is 0.500. The monoisotopic (exact) mass is 437 g/mol. The lowest BCUT2D eigenvalue weighted by molar-refractivity contribution is -0.130. The van der Waals surface area contributed by atoms with Crippen LogP contribution in [0.4, 0.5) is 5.82 Å². The largest absolute Gasteiger partial charge is 0.496 e. The quantitative estimate of drug-likeness (QED) is 0.791. The molecule has 170 valence electrons. The number of nitrogens with zero attached hydrogens (tertiary/aromatic N) is 4. The smallest absolute Gasteiger partial charge is 0.257 e. The highest BCUT2D eigenvalue weighted by atomic mass is 16.5. The maximum atomic E-state index is 13.3. The minimum atomic E-state index is -0.0530. The molecule has 1 saturated heterocycles. The van der Waals surface area contributed by atoms with Crippen LogP contribution in [0.1, 0.15) is 58.7 Å². The van der Waals surface area contributed by atoms with Crippen molar-refractivity contribution < 1.29 is 14.3 Å². The number of methoxy groups -OCH3 is 1. The van der Waals surface area contributed by atoms with E-state index in [0.717, 1.165) is 47.8 Å². The highest BCUT2D eigenvalue weighted by molar-refractivity contribution is 5.97. The molecule has 0 radical (unpaired) electrons. The highest BCUT2D eigenvalue weighted by Crippen LogP contribution is 2.31. The number of anilines is 1. The van der Waals surface area contributed by atoms with Crippen LogP contribution in [0, 0.1) is 6.92 Å². The van der Waals surface area contributed by atoms with E-state index in [-0.39, 0.29) is 17.7 Å². The zero-order chi connectivity index (χ0) is 22.8. The molecule has 0 aliphatic carbocycles. The predicted molar refractivity (Wildman–Crippen MR) is 122 cm³/mol. The molecule has 2 amide bonds. The van der Waals surface area contributed by atoms with Crippen LogP contribution in [-0.2, 0) is 17.8 Å². The van der Waals surface area contributed by atoms with E-state index in [1.807, 2.05) is 42.0 Å². The molecule has 0 unspecified atom stereocenters. The van der Waals surface area contributed by atoms with E-state index in [0.29, 0.717) is 37.4 Å². The van der Waals surface area contributed by atoms with E-state index in [2.05, 4.69) is 5.32 Å². The van der Waals surface area contributed by atoms with Gasteiger partial charge in [0.2, 0.25) is 5.91 Å². The Labute approximate surface area is 189 Å². The summed E-state index contributed by atoms with van der Waals surface area (Å²) in [6.07, 6.45) is 2.59. The summed E-state index contributed by atoms with van der Waals surface area (Å²) in [5.41, 5.74) is 3.45. The van der Waals surface area contributed by atoms with E-state index in [1.165, 1.54) is 0 Å². The molecule has 32 heavy (non-hydrogen) atoms. The summed E-state index contributed by atoms with van der Waals surface area (Å²) in [5, 5.41) is 3.21. The number of likely N-dealkylation sites (tertiary alicyclic amines) is 1. The summed E-state index contributed by atoms with van der Waals surface area (Å²) in [6, 6.07) is 5.63. The number of carbonyl (C=O) groups excluding carboxylic acids is 2. The normalized spacial score (nSPS) is 18.2. The highest BCUT2D eigenvalue weighted by Gasteiger charge is 2.30. The number of piperidine rings is 1. The Balaban J connectivity index is 1.62. The molecule has 0 spiro atoms. The summed E-state index contributed by atoms with van der Waals surface area (Å²) in [4.78, 5) is 38.6. The Morgan fingerprint density at radius 3 is 2.72 bits per heavy atom. The number of carbonyl (C=O) groups is 2. The van der Waals surface area contributed by atoms with Crippen LogP contribution in [-0.4, -0.2) is 65.4 Å². The zero-order valence-corrected chi connectivity index (χ0v) is 19.3. The van der Waals surface area contributed by atoms with Crippen LogP contribution < -0.4 is 10.1 Å². The van der Waals surface area contributed by atoms with Crippen LogP contribution in [0.2, 0.25) is 0 Å². The van der Waals surface area contributed by atoms with Crippen molar-refractivity contribution in [1.29, 1.82) is 0 Å². The Hall–Kier alpha value is -3.16. The van der Waals surface area contributed by atoms with Crippen molar-refractivity contribution in [3.05, 3.63) is 46.4 Å². The van der Waals surface area contributed by atoms with Crippen molar-refractivity contribution >= 4 is 17.6 Å². The number of para-hydroxylation sites is 1. The molecular weight excluding hydrogens is 406 g/mol. The Bertz CT molecular complexity index is 1040. The second-order valence-electron chi connectivity index (χ2n) is 8.54. The summed E-state index contributed by atoms with van der Waals surface area (Å²) in [5.74, 6) is 2.34. The minimum absolute atomic E-state index is 0.0530. The van der Waals surface area contributed by atoms with Crippen LogP contribution in [0.25, 0.3) is 0 Å². The molecule has 0 bridgehead atoms. The summed E-state index contributed by atoms with van der Waals surface area (Å²) < 4.78 is 5.51. The van der Waals surface area contributed by atoms with Crippen LogP contribution in [0.5, 0.6) is 5.75 Å². The van der Waals surface area contributed by atoms with Gasteiger partial charge in [-0.15, -0.1) is 0 Å². The molecule has 1 aromatic carbocycles. The number of aryl methyl sites for hydroxylation is 1. The zero-order valence-electron chi connectivity index (χ0n) is 19.3. The first-order chi connectivity index (χ1) is 15.4. The number of ether oxygens (including phenoxy) is 1. The molecule has 1 fully saturated rings. The molecule has 1 atom stereocenters. The van der Waals surface area contributed by atoms with Crippen LogP contribution in [0.15, 0.2) is 18.2 Å². The van der Waals surface area contributed by atoms with Gasteiger partial charge in [-0.3, -0.25) is 9.59 Å². The number of hydrogen-bond donors (Lipinski definition) is 1. The maximum absolute atomic E-state index is 13.3. The lowest BCUT2D eigenvalue weighted by atomic mass is 9.96. The average molecular weight is 438 g/mol. The van der Waals surface area contributed by atoms with E-state index in [1.54, 1.807) is 14.0 Å². The molecule has 1 aromatic heterocycles. The minimum Gasteiger partial charge on any atom is -0.496 e. The topological polar surface area (TPSA) is 87.7 Å². The fourth-order valence-electron chi connectivity index (χ4n) is 4.75. The van der Waals surface area contributed by atoms with E-state index < -0.39 is 0 Å². The molecule has 1 N–H and O–H groups in total. The maximum Gasteiger partial charge on any atom is 0.257 e. The summed E-state index contributed by atoms with van der Waals surface area (Å²) >= 11 is 0. The third-order valence-electron chi connectivity index (χ3n) is 6.48. The molecule has 8 heteroatoms. The second kappa shape index (κ2) is 9.14. The van der Waals surface area contributed by atoms with Crippen molar-refractivity contribution in [2.45, 2.75) is 45.6 Å². The average Bonchev–Trinajstić information content (AvgIpc) is 2.82. The standard InChI is InChI=1S/C24H31N5O3/c1-15-7-5-9-19(21(15)32-4)24(31)29-12-10-18-20(14-29)26-22(27-23(18)25-3)17-8-6-11-28(13-17)16(2)30/h5,7,9,17H,6,8,10-14H2,1-4H3,(H,25,26,27)/t17-/m0/s1. The van der Waals surface area contributed by atoms with Crippen molar-refractivity contribution in [2.75, 3.05) is 39.1 Å². The van der Waals surface area contributed by atoms with E-state index >= 15 is 0 Å². The van der Waals surface area contributed by atoms with Gasteiger partial charge in [0.15, 0.2) is 0 Å². The Kier molecular flexibility index (Phi) is 6.30. The van der Waals surface area contributed by atoms with Gasteiger partial charge in [0.05, 0.1) is 24.9 Å². The molecule has 2 aromatic rings. The van der Waals surface area contributed by atoms with Crippen molar-refractivity contribution in [2.24, 2.45) is 0 Å². The lowest BCUT2D eigenvalue weighted by Crippen LogP contribution is -2.39. The first-order valence-corrected chi connectivity index (χ1v) is 11.2. The van der Waals surface area contributed by atoms with Gasteiger partial charge >= 0.3 is 0 Å². The fourth-order valence-corrected chi connectivity index (χ4v) is 4.75. The molecule has 2 aliphatic rings. The lowest BCUT2D eigenvalue weighted by Gasteiger charge is -2.33. The number of nitrogens with one attached hydrogen (secondary N) is 1. The Morgan fingerprint density at radius 2 is 2.00 bits per heavy atom. The molecular formula is C24H31N5O3. The second-order valence-corrected chi connectivity index (χ2v) is 8.54. The van der Waals surface area contributed by atoms with Gasteiger partial charge < -0.3 is 19.9 Å². The molecule has 2 aliphatic heterocycles. The summed E-state index contributed by atoms with van der Waals surface area (Å²) in [6.45, 7) is 6.00. The van der Waals surface area contributed by atoms with Gasteiger partial charge in [0, 0.05) is 45.1 Å². The van der Waals surface area contributed by atoms with E-state index in [9.17, 15) is 9.59 Å². The van der Waals surface area contributed by atoms with E-state index in [4.69, 9.17) is 14.7 Å². The predicted octanol–water partition coefficient (Wildman–Crippen LogP) is 2.76. The number of fused-ring (bicyclic) bond motifs is 1. The molecule has 3 heterocycles. The molecule has 4 rings (SSSR count). The first-order valence-electron chi connectivity index (χ1n) is 11.2. The number of rotatable bonds is 4. The SMILES string of the molecule is CNc1nc([C@H]2CCCN(C(C)=O)C2)nc2c1CCN(C(=O)c1cccc(C)c1OC)C2.